The van der Waals surface area contributed by atoms with E-state index >= 15 is 0 Å². The standard InChI is InChI=1S/C10H20ClNO/c1-8(2)5-9(13)12-7-10(3,4)6-11/h8H,5-7H2,1-4H3,(H,12,13). The van der Waals surface area contributed by atoms with Gasteiger partial charge in [0.2, 0.25) is 5.91 Å². The molecule has 0 heterocycles. The topological polar surface area (TPSA) is 29.1 Å². The molecule has 0 aliphatic heterocycles. The van der Waals surface area contributed by atoms with Gasteiger partial charge < -0.3 is 5.32 Å². The van der Waals surface area contributed by atoms with Crippen LogP contribution in [0, 0.1) is 11.3 Å². The van der Waals surface area contributed by atoms with Crippen molar-refractivity contribution in [1.82, 2.24) is 5.32 Å². The predicted octanol–water partition coefficient (Wildman–Crippen LogP) is 2.41. The lowest BCUT2D eigenvalue weighted by Gasteiger charge is -2.21. The van der Waals surface area contributed by atoms with Crippen LogP contribution in [0.25, 0.3) is 0 Å². The Bertz CT molecular complexity index is 166. The van der Waals surface area contributed by atoms with Gasteiger partial charge in [-0.15, -0.1) is 11.6 Å². The summed E-state index contributed by atoms with van der Waals surface area (Å²) in [6.07, 6.45) is 0.596. The maximum Gasteiger partial charge on any atom is 0.220 e. The Morgan fingerprint density at radius 2 is 2.00 bits per heavy atom. The van der Waals surface area contributed by atoms with Crippen molar-refractivity contribution in [2.45, 2.75) is 34.1 Å². The molecule has 0 saturated carbocycles. The fourth-order valence-corrected chi connectivity index (χ4v) is 0.923. The molecule has 0 fully saturated rings. The minimum Gasteiger partial charge on any atom is -0.356 e. The van der Waals surface area contributed by atoms with Gasteiger partial charge in [0, 0.05) is 18.8 Å². The van der Waals surface area contributed by atoms with Crippen molar-refractivity contribution in [3.63, 3.8) is 0 Å². The lowest BCUT2D eigenvalue weighted by molar-refractivity contribution is -0.122. The number of nitrogens with one attached hydrogen (secondary N) is 1. The molecule has 0 rings (SSSR count). The smallest absolute Gasteiger partial charge is 0.220 e. The van der Waals surface area contributed by atoms with Gasteiger partial charge in [-0.3, -0.25) is 4.79 Å². The molecule has 1 N–H and O–H groups in total. The van der Waals surface area contributed by atoms with Crippen LogP contribution in [-0.4, -0.2) is 18.3 Å². The van der Waals surface area contributed by atoms with Crippen LogP contribution >= 0.6 is 11.6 Å². The zero-order valence-electron chi connectivity index (χ0n) is 8.98. The third kappa shape index (κ3) is 6.88. The highest BCUT2D eigenvalue weighted by molar-refractivity contribution is 6.18. The molecule has 0 aliphatic carbocycles. The lowest BCUT2D eigenvalue weighted by Crippen LogP contribution is -2.35. The number of amides is 1. The Labute approximate surface area is 86.0 Å². The average molecular weight is 206 g/mol. The van der Waals surface area contributed by atoms with Crippen molar-refractivity contribution in [1.29, 1.82) is 0 Å². The normalized spacial score (nSPS) is 11.8. The molecule has 2 nitrogen and oxygen atoms in total. The van der Waals surface area contributed by atoms with Gasteiger partial charge in [0.1, 0.15) is 0 Å². The molecule has 0 aliphatic rings. The van der Waals surface area contributed by atoms with Gasteiger partial charge in [0.05, 0.1) is 0 Å². The molecule has 0 saturated heterocycles. The minimum absolute atomic E-state index is 0.00576. The van der Waals surface area contributed by atoms with Gasteiger partial charge in [-0.1, -0.05) is 27.7 Å². The second-order valence-corrected chi connectivity index (χ2v) is 4.94. The second-order valence-electron chi connectivity index (χ2n) is 4.67. The maximum atomic E-state index is 11.3. The third-order valence-electron chi connectivity index (χ3n) is 1.72. The zero-order chi connectivity index (χ0) is 10.5. The summed E-state index contributed by atoms with van der Waals surface area (Å²) in [4.78, 5) is 11.3. The molecule has 0 aromatic heterocycles. The molecule has 0 unspecified atom stereocenters. The number of alkyl halides is 1. The van der Waals surface area contributed by atoms with Crippen LogP contribution in [0.5, 0.6) is 0 Å². The van der Waals surface area contributed by atoms with E-state index in [1.54, 1.807) is 0 Å². The van der Waals surface area contributed by atoms with Crippen molar-refractivity contribution in [2.75, 3.05) is 12.4 Å². The van der Waals surface area contributed by atoms with Crippen LogP contribution < -0.4 is 5.32 Å². The van der Waals surface area contributed by atoms with Gasteiger partial charge in [0.15, 0.2) is 0 Å². The zero-order valence-corrected chi connectivity index (χ0v) is 9.74. The molecule has 78 valence electrons. The fraction of sp³-hybridized carbons (Fsp3) is 0.900. The first-order valence-electron chi connectivity index (χ1n) is 4.70. The van der Waals surface area contributed by atoms with Crippen LogP contribution in [0.15, 0.2) is 0 Å². The molecule has 0 bridgehead atoms. The molecule has 0 atom stereocenters. The van der Waals surface area contributed by atoms with E-state index in [1.165, 1.54) is 0 Å². The van der Waals surface area contributed by atoms with Crippen molar-refractivity contribution in [3.8, 4) is 0 Å². The molecule has 1 amide bonds. The van der Waals surface area contributed by atoms with Gasteiger partial charge in [-0.25, -0.2) is 0 Å². The molecule has 0 radical (unpaired) electrons. The Hall–Kier alpha value is -0.240. The monoisotopic (exact) mass is 205 g/mol. The largest absolute Gasteiger partial charge is 0.356 e. The minimum atomic E-state index is -0.00576. The van der Waals surface area contributed by atoms with Crippen molar-refractivity contribution in [2.24, 2.45) is 11.3 Å². The van der Waals surface area contributed by atoms with Gasteiger partial charge in [-0.05, 0) is 11.3 Å². The highest BCUT2D eigenvalue weighted by atomic mass is 35.5. The summed E-state index contributed by atoms with van der Waals surface area (Å²) >= 11 is 5.73. The first-order chi connectivity index (χ1) is 5.87. The summed E-state index contributed by atoms with van der Waals surface area (Å²) in [5, 5.41) is 2.88. The van der Waals surface area contributed by atoms with Crippen LogP contribution in [0.2, 0.25) is 0 Å². The van der Waals surface area contributed by atoms with Crippen LogP contribution in [0.4, 0.5) is 0 Å². The van der Waals surface area contributed by atoms with Gasteiger partial charge in [0.25, 0.3) is 0 Å². The van der Waals surface area contributed by atoms with Crippen LogP contribution in [0.3, 0.4) is 0 Å². The van der Waals surface area contributed by atoms with Crippen LogP contribution in [0.1, 0.15) is 34.1 Å². The Balaban J connectivity index is 3.70. The summed E-state index contributed by atoms with van der Waals surface area (Å²) in [7, 11) is 0. The average Bonchev–Trinajstić information content (AvgIpc) is 2.00. The lowest BCUT2D eigenvalue weighted by atomic mass is 9.96. The van der Waals surface area contributed by atoms with E-state index < -0.39 is 0 Å². The highest BCUT2D eigenvalue weighted by Crippen LogP contribution is 2.15. The Morgan fingerprint density at radius 3 is 2.38 bits per heavy atom. The highest BCUT2D eigenvalue weighted by Gasteiger charge is 2.17. The molecule has 0 aromatic carbocycles. The summed E-state index contributed by atoms with van der Waals surface area (Å²) in [5.74, 6) is 1.10. The van der Waals surface area contributed by atoms with E-state index in [9.17, 15) is 4.79 Å². The summed E-state index contributed by atoms with van der Waals surface area (Å²) in [5.41, 5.74) is -0.00576. The maximum absolute atomic E-state index is 11.3. The number of halogens is 1. The fourth-order valence-electron chi connectivity index (χ4n) is 0.828. The van der Waals surface area contributed by atoms with E-state index in [1.807, 2.05) is 27.7 Å². The number of rotatable bonds is 5. The van der Waals surface area contributed by atoms with E-state index in [-0.39, 0.29) is 11.3 Å². The van der Waals surface area contributed by atoms with E-state index in [4.69, 9.17) is 11.6 Å². The van der Waals surface area contributed by atoms with E-state index in [0.717, 1.165) is 0 Å². The Kier molecular flexibility index (Phi) is 5.38. The third-order valence-corrected chi connectivity index (χ3v) is 2.44. The number of hydrogen-bond acceptors (Lipinski definition) is 1. The molecule has 13 heavy (non-hydrogen) atoms. The van der Waals surface area contributed by atoms with Gasteiger partial charge in [-0.2, -0.15) is 0 Å². The molecular weight excluding hydrogens is 186 g/mol. The predicted molar refractivity (Wildman–Crippen MR) is 57.0 cm³/mol. The SMILES string of the molecule is CC(C)CC(=O)NCC(C)(C)CCl. The van der Waals surface area contributed by atoms with E-state index in [2.05, 4.69) is 5.32 Å². The molecule has 0 spiro atoms. The quantitative estimate of drug-likeness (QED) is 0.687. The molecule has 0 aromatic rings. The number of hydrogen-bond donors (Lipinski definition) is 1. The number of carbonyl (C=O) groups excluding carboxylic acids is 1. The number of carbonyl (C=O) groups is 1. The summed E-state index contributed by atoms with van der Waals surface area (Å²) in [6, 6.07) is 0. The van der Waals surface area contributed by atoms with E-state index in [0.29, 0.717) is 24.8 Å². The molecule has 3 heteroatoms. The first kappa shape index (κ1) is 12.8. The summed E-state index contributed by atoms with van der Waals surface area (Å²) in [6.45, 7) is 8.80. The molecular formula is C10H20ClNO. The van der Waals surface area contributed by atoms with Crippen molar-refractivity contribution in [3.05, 3.63) is 0 Å². The second kappa shape index (κ2) is 5.48. The Morgan fingerprint density at radius 1 is 1.46 bits per heavy atom. The van der Waals surface area contributed by atoms with Crippen molar-refractivity contribution >= 4 is 17.5 Å². The van der Waals surface area contributed by atoms with Crippen molar-refractivity contribution < 1.29 is 4.79 Å². The van der Waals surface area contributed by atoms with Crippen LogP contribution in [-0.2, 0) is 4.79 Å². The van der Waals surface area contributed by atoms with Gasteiger partial charge >= 0.3 is 0 Å². The first-order valence-corrected chi connectivity index (χ1v) is 5.23. The summed E-state index contributed by atoms with van der Waals surface area (Å²) < 4.78 is 0.